The number of rotatable bonds is 11. The van der Waals surface area contributed by atoms with Crippen molar-refractivity contribution in [2.24, 2.45) is 0 Å². The van der Waals surface area contributed by atoms with E-state index in [9.17, 15) is 4.79 Å². The fraction of sp³-hybridized carbons (Fsp3) is 0.138. The molecule has 3 aromatic rings. The highest BCUT2D eigenvalue weighted by Gasteiger charge is 2.12. The van der Waals surface area contributed by atoms with Crippen LogP contribution in [0.4, 0.5) is 5.69 Å². The van der Waals surface area contributed by atoms with Gasteiger partial charge in [0.2, 0.25) is 11.7 Å². The fourth-order valence-electron chi connectivity index (χ4n) is 3.35. The molecular weight excluding hydrogens is 442 g/mol. The molecule has 35 heavy (non-hydrogen) atoms. The van der Waals surface area contributed by atoms with Crippen LogP contribution >= 0.6 is 0 Å². The number of ether oxygens (including phenoxy) is 4. The summed E-state index contributed by atoms with van der Waals surface area (Å²) in [6, 6.07) is 18.8. The van der Waals surface area contributed by atoms with Gasteiger partial charge in [0.05, 0.1) is 21.3 Å². The summed E-state index contributed by atoms with van der Waals surface area (Å²) in [5.41, 5.74) is 3.26. The highest BCUT2D eigenvalue weighted by atomic mass is 16.5. The van der Waals surface area contributed by atoms with Crippen LogP contribution < -0.4 is 24.3 Å². The lowest BCUT2D eigenvalue weighted by molar-refractivity contribution is -0.111. The van der Waals surface area contributed by atoms with Crippen molar-refractivity contribution < 1.29 is 23.7 Å². The molecule has 0 aliphatic rings. The zero-order valence-corrected chi connectivity index (χ0v) is 20.1. The minimum atomic E-state index is -0.240. The van der Waals surface area contributed by atoms with E-state index in [2.05, 4.69) is 11.9 Å². The van der Waals surface area contributed by atoms with E-state index in [0.29, 0.717) is 29.5 Å². The zero-order chi connectivity index (χ0) is 25.0. The number of hydrogen-bond acceptors (Lipinski definition) is 5. The molecule has 0 fully saturated rings. The van der Waals surface area contributed by atoms with Crippen LogP contribution in [0.15, 0.2) is 79.4 Å². The van der Waals surface area contributed by atoms with E-state index in [4.69, 9.17) is 18.9 Å². The third kappa shape index (κ3) is 7.01. The first-order valence-corrected chi connectivity index (χ1v) is 11.0. The monoisotopic (exact) mass is 471 g/mol. The van der Waals surface area contributed by atoms with Gasteiger partial charge in [-0.3, -0.25) is 4.79 Å². The molecule has 0 spiro atoms. The molecule has 0 saturated carbocycles. The molecule has 3 rings (SSSR count). The summed E-state index contributed by atoms with van der Waals surface area (Å²) >= 11 is 0. The maximum Gasteiger partial charge on any atom is 0.248 e. The number of anilines is 1. The first kappa shape index (κ1) is 25.2. The lowest BCUT2D eigenvalue weighted by Gasteiger charge is -2.13. The van der Waals surface area contributed by atoms with Crippen molar-refractivity contribution in [2.75, 3.05) is 33.3 Å². The summed E-state index contributed by atoms with van der Waals surface area (Å²) in [5, 5.41) is 2.94. The average Bonchev–Trinajstić information content (AvgIpc) is 2.89. The summed E-state index contributed by atoms with van der Waals surface area (Å²) in [5.74, 6) is 2.14. The van der Waals surface area contributed by atoms with E-state index < -0.39 is 0 Å². The zero-order valence-electron chi connectivity index (χ0n) is 20.1. The molecule has 3 aromatic carbocycles. The van der Waals surface area contributed by atoms with E-state index in [1.807, 2.05) is 72.8 Å². The smallest absolute Gasteiger partial charge is 0.248 e. The van der Waals surface area contributed by atoms with Crippen LogP contribution in [0, 0.1) is 0 Å². The van der Waals surface area contributed by atoms with Gasteiger partial charge in [-0.15, -0.1) is 0 Å². The van der Waals surface area contributed by atoms with Crippen molar-refractivity contribution in [3.05, 3.63) is 96.1 Å². The van der Waals surface area contributed by atoms with Gasteiger partial charge in [-0.25, -0.2) is 0 Å². The van der Waals surface area contributed by atoms with Gasteiger partial charge in [-0.2, -0.15) is 0 Å². The van der Waals surface area contributed by atoms with Gasteiger partial charge in [0.1, 0.15) is 12.4 Å². The second-order valence-electron chi connectivity index (χ2n) is 7.37. The molecule has 6 nitrogen and oxygen atoms in total. The Balaban J connectivity index is 1.75. The minimum Gasteiger partial charge on any atom is -0.493 e. The maximum atomic E-state index is 12.6. The van der Waals surface area contributed by atoms with Crippen molar-refractivity contribution in [1.82, 2.24) is 0 Å². The highest BCUT2D eigenvalue weighted by Crippen LogP contribution is 2.38. The number of methoxy groups -OCH3 is 3. The van der Waals surface area contributed by atoms with Gasteiger partial charge in [0, 0.05) is 11.8 Å². The van der Waals surface area contributed by atoms with Gasteiger partial charge in [0.25, 0.3) is 0 Å². The molecule has 0 saturated heterocycles. The molecule has 1 amide bonds. The Labute approximate surface area is 206 Å². The van der Waals surface area contributed by atoms with Gasteiger partial charge >= 0.3 is 0 Å². The molecule has 180 valence electrons. The maximum absolute atomic E-state index is 12.6. The Hall–Kier alpha value is -4.45. The molecule has 0 atom stereocenters. The molecular formula is C29H29NO5. The number of benzene rings is 3. The van der Waals surface area contributed by atoms with Crippen LogP contribution in [-0.4, -0.2) is 33.8 Å². The quantitative estimate of drug-likeness (QED) is 0.208. The van der Waals surface area contributed by atoms with E-state index in [1.54, 1.807) is 33.5 Å². The highest BCUT2D eigenvalue weighted by molar-refractivity contribution is 6.03. The molecule has 0 heterocycles. The largest absolute Gasteiger partial charge is 0.493 e. The predicted octanol–water partition coefficient (Wildman–Crippen LogP) is 6.10. The molecule has 0 unspecified atom stereocenters. The normalized spacial score (nSPS) is 10.8. The molecule has 0 aliphatic carbocycles. The van der Waals surface area contributed by atoms with Gasteiger partial charge in [-0.1, -0.05) is 55.1 Å². The van der Waals surface area contributed by atoms with Crippen molar-refractivity contribution in [3.8, 4) is 23.0 Å². The summed E-state index contributed by atoms with van der Waals surface area (Å²) < 4.78 is 21.8. The van der Waals surface area contributed by atoms with Crippen LogP contribution in [0.3, 0.4) is 0 Å². The van der Waals surface area contributed by atoms with Gasteiger partial charge in [-0.05, 0) is 53.1 Å². The van der Waals surface area contributed by atoms with E-state index in [0.717, 1.165) is 22.4 Å². The number of para-hydroxylation sites is 1. The van der Waals surface area contributed by atoms with E-state index in [-0.39, 0.29) is 5.91 Å². The molecule has 0 bridgehead atoms. The van der Waals surface area contributed by atoms with Crippen molar-refractivity contribution in [3.63, 3.8) is 0 Å². The second-order valence-corrected chi connectivity index (χ2v) is 7.37. The van der Waals surface area contributed by atoms with Crippen LogP contribution in [0.5, 0.6) is 23.0 Å². The summed E-state index contributed by atoms with van der Waals surface area (Å²) in [7, 11) is 4.72. The van der Waals surface area contributed by atoms with Crippen LogP contribution in [-0.2, 0) is 4.79 Å². The van der Waals surface area contributed by atoms with E-state index >= 15 is 0 Å². The van der Waals surface area contributed by atoms with E-state index in [1.165, 1.54) is 6.08 Å². The minimum absolute atomic E-state index is 0.240. The number of nitrogens with one attached hydrogen (secondary N) is 1. The summed E-state index contributed by atoms with van der Waals surface area (Å²) in [6.45, 7) is 4.07. The molecule has 0 radical (unpaired) electrons. The molecule has 6 heteroatoms. The Morgan fingerprint density at radius 1 is 0.857 bits per heavy atom. The fourth-order valence-corrected chi connectivity index (χ4v) is 3.35. The van der Waals surface area contributed by atoms with Crippen LogP contribution in [0.1, 0.15) is 16.7 Å². The Kier molecular flexibility index (Phi) is 9.14. The number of hydrogen-bond donors (Lipinski definition) is 1. The SMILES string of the molecule is C=CCOc1cccc(/C=C/C(=O)Nc2ccccc2C=Cc2cc(OC)c(OC)c(OC)c2)c1. The van der Waals surface area contributed by atoms with Crippen molar-refractivity contribution in [1.29, 1.82) is 0 Å². The van der Waals surface area contributed by atoms with Gasteiger partial charge < -0.3 is 24.3 Å². The lowest BCUT2D eigenvalue weighted by atomic mass is 10.1. The number of amides is 1. The predicted molar refractivity (Wildman–Crippen MR) is 141 cm³/mol. The molecule has 0 aliphatic heterocycles. The third-order valence-corrected chi connectivity index (χ3v) is 5.01. The molecule has 1 N–H and O–H groups in total. The summed E-state index contributed by atoms with van der Waals surface area (Å²) in [4.78, 5) is 12.6. The van der Waals surface area contributed by atoms with Crippen LogP contribution in [0.25, 0.3) is 18.2 Å². The van der Waals surface area contributed by atoms with Crippen LogP contribution in [0.2, 0.25) is 0 Å². The first-order valence-electron chi connectivity index (χ1n) is 11.0. The number of carbonyl (C=O) groups excluding carboxylic acids is 1. The standard InChI is InChI=1S/C29H29NO5/c1-5-17-35-24-11-8-9-21(18-24)14-16-28(31)30-25-12-7-6-10-23(25)15-13-22-19-26(32-2)29(34-4)27(20-22)33-3/h5-16,18-20H,1,17H2,2-4H3,(H,30,31)/b15-13?,16-14+. The average molecular weight is 472 g/mol. The third-order valence-electron chi connectivity index (χ3n) is 5.01. The summed E-state index contributed by atoms with van der Waals surface area (Å²) in [6.07, 6.45) is 8.75. The van der Waals surface area contributed by atoms with Crippen molar-refractivity contribution >= 4 is 29.8 Å². The molecule has 0 aromatic heterocycles. The lowest BCUT2D eigenvalue weighted by Crippen LogP contribution is -2.08. The topological polar surface area (TPSA) is 66.0 Å². The number of carbonyl (C=O) groups is 1. The Morgan fingerprint density at radius 2 is 1.60 bits per heavy atom. The second kappa shape index (κ2) is 12.7. The Bertz CT molecular complexity index is 1200. The Morgan fingerprint density at radius 3 is 2.29 bits per heavy atom. The van der Waals surface area contributed by atoms with Gasteiger partial charge in [0.15, 0.2) is 11.5 Å². The van der Waals surface area contributed by atoms with Crippen molar-refractivity contribution in [2.45, 2.75) is 0 Å². The first-order chi connectivity index (χ1) is 17.1.